The van der Waals surface area contributed by atoms with Crippen LogP contribution < -0.4 is 0 Å². The lowest BCUT2D eigenvalue weighted by Gasteiger charge is -2.09. The molecule has 3 rings (SSSR count). The number of hydrogen-bond acceptors (Lipinski definition) is 2. The van der Waals surface area contributed by atoms with Gasteiger partial charge >= 0.3 is 0 Å². The van der Waals surface area contributed by atoms with Crippen LogP contribution in [0.25, 0.3) is 21.5 Å². The fraction of sp³-hybridized carbons (Fsp3) is 0.0667. The number of aromatic hydroxyl groups is 1. The SMILES string of the molecule is OCc1c2ccccc2cc2ccc(O)cc12. The Labute approximate surface area is 98.7 Å². The number of rotatable bonds is 1. The zero-order valence-electron chi connectivity index (χ0n) is 9.22. The highest BCUT2D eigenvalue weighted by Gasteiger charge is 2.06. The van der Waals surface area contributed by atoms with Gasteiger partial charge in [-0.1, -0.05) is 30.3 Å². The van der Waals surface area contributed by atoms with Gasteiger partial charge in [0.05, 0.1) is 6.61 Å². The van der Waals surface area contributed by atoms with E-state index in [2.05, 4.69) is 6.07 Å². The summed E-state index contributed by atoms with van der Waals surface area (Å²) in [6.45, 7) is -0.0265. The first-order valence-corrected chi connectivity index (χ1v) is 5.54. The molecule has 0 atom stereocenters. The molecule has 2 heteroatoms. The minimum atomic E-state index is -0.0265. The molecular weight excluding hydrogens is 212 g/mol. The first-order valence-electron chi connectivity index (χ1n) is 5.54. The van der Waals surface area contributed by atoms with Crippen molar-refractivity contribution in [3.05, 3.63) is 54.1 Å². The summed E-state index contributed by atoms with van der Waals surface area (Å²) >= 11 is 0. The molecule has 0 bridgehead atoms. The maximum absolute atomic E-state index is 9.54. The van der Waals surface area contributed by atoms with Crippen LogP contribution in [0.5, 0.6) is 5.75 Å². The zero-order valence-corrected chi connectivity index (χ0v) is 9.22. The second-order valence-electron chi connectivity index (χ2n) is 4.14. The van der Waals surface area contributed by atoms with Crippen LogP contribution in [0.15, 0.2) is 48.5 Å². The fourth-order valence-corrected chi connectivity index (χ4v) is 2.31. The van der Waals surface area contributed by atoms with Gasteiger partial charge in [-0.05, 0) is 45.3 Å². The molecule has 0 amide bonds. The Morgan fingerprint density at radius 1 is 0.824 bits per heavy atom. The second-order valence-corrected chi connectivity index (χ2v) is 4.14. The van der Waals surface area contributed by atoms with Crippen LogP contribution in [-0.4, -0.2) is 10.2 Å². The third-order valence-electron chi connectivity index (χ3n) is 3.12. The minimum absolute atomic E-state index is 0.0265. The standard InChI is InChI=1S/C15H12O2/c16-9-15-13-4-2-1-3-10(13)7-11-5-6-12(17)8-14(11)15/h1-8,16-17H,9H2. The number of fused-ring (bicyclic) bond motifs is 2. The van der Waals surface area contributed by atoms with Gasteiger partial charge in [0.15, 0.2) is 0 Å². The number of aliphatic hydroxyl groups excluding tert-OH is 1. The van der Waals surface area contributed by atoms with Gasteiger partial charge in [0.2, 0.25) is 0 Å². The van der Waals surface area contributed by atoms with E-state index in [9.17, 15) is 10.2 Å². The molecule has 0 aromatic heterocycles. The molecule has 84 valence electrons. The van der Waals surface area contributed by atoms with E-state index in [4.69, 9.17) is 0 Å². The van der Waals surface area contributed by atoms with Crippen LogP contribution in [0.2, 0.25) is 0 Å². The van der Waals surface area contributed by atoms with E-state index in [0.29, 0.717) is 0 Å². The summed E-state index contributed by atoms with van der Waals surface area (Å²) < 4.78 is 0. The first kappa shape index (κ1) is 10.1. The third kappa shape index (κ3) is 1.54. The molecule has 0 unspecified atom stereocenters. The van der Waals surface area contributed by atoms with E-state index in [1.807, 2.05) is 30.3 Å². The average molecular weight is 224 g/mol. The summed E-state index contributed by atoms with van der Waals surface area (Å²) in [7, 11) is 0. The van der Waals surface area contributed by atoms with Crippen molar-refractivity contribution in [1.29, 1.82) is 0 Å². The largest absolute Gasteiger partial charge is 0.508 e. The number of hydrogen-bond donors (Lipinski definition) is 2. The molecule has 2 nitrogen and oxygen atoms in total. The van der Waals surface area contributed by atoms with E-state index < -0.39 is 0 Å². The predicted octanol–water partition coefficient (Wildman–Crippen LogP) is 3.19. The van der Waals surface area contributed by atoms with E-state index >= 15 is 0 Å². The van der Waals surface area contributed by atoms with Crippen LogP contribution in [0.1, 0.15) is 5.56 Å². The van der Waals surface area contributed by atoms with Crippen molar-refractivity contribution in [3.8, 4) is 5.75 Å². The highest BCUT2D eigenvalue weighted by Crippen LogP contribution is 2.30. The third-order valence-corrected chi connectivity index (χ3v) is 3.12. The lowest BCUT2D eigenvalue weighted by atomic mass is 9.97. The quantitative estimate of drug-likeness (QED) is 0.623. The molecule has 2 N–H and O–H groups in total. The summed E-state index contributed by atoms with van der Waals surface area (Å²) in [5.41, 5.74) is 0.869. The van der Waals surface area contributed by atoms with Gasteiger partial charge in [0.25, 0.3) is 0 Å². The monoisotopic (exact) mass is 224 g/mol. The van der Waals surface area contributed by atoms with Gasteiger partial charge in [0, 0.05) is 0 Å². The number of aliphatic hydroxyl groups is 1. The van der Waals surface area contributed by atoms with Gasteiger partial charge in [-0.2, -0.15) is 0 Å². The number of phenols is 1. The molecule has 0 saturated heterocycles. The van der Waals surface area contributed by atoms with E-state index in [-0.39, 0.29) is 12.4 Å². The van der Waals surface area contributed by atoms with E-state index in [1.54, 1.807) is 12.1 Å². The summed E-state index contributed by atoms with van der Waals surface area (Å²) in [5.74, 6) is 0.225. The summed E-state index contributed by atoms with van der Waals surface area (Å²) in [4.78, 5) is 0. The lowest BCUT2D eigenvalue weighted by Crippen LogP contribution is -1.89. The first-order chi connectivity index (χ1) is 8.29. The Bertz CT molecular complexity index is 702. The van der Waals surface area contributed by atoms with Crippen molar-refractivity contribution in [3.63, 3.8) is 0 Å². The van der Waals surface area contributed by atoms with Crippen molar-refractivity contribution >= 4 is 21.5 Å². The topological polar surface area (TPSA) is 40.5 Å². The Hall–Kier alpha value is -2.06. The van der Waals surface area contributed by atoms with Crippen molar-refractivity contribution in [2.45, 2.75) is 6.61 Å². The van der Waals surface area contributed by atoms with E-state index in [0.717, 1.165) is 27.1 Å². The summed E-state index contributed by atoms with van der Waals surface area (Å²) in [6.07, 6.45) is 0. The molecule has 0 saturated carbocycles. The van der Waals surface area contributed by atoms with Crippen molar-refractivity contribution in [2.24, 2.45) is 0 Å². The van der Waals surface area contributed by atoms with Crippen LogP contribution >= 0.6 is 0 Å². The van der Waals surface area contributed by atoms with Crippen LogP contribution in [0.4, 0.5) is 0 Å². The van der Waals surface area contributed by atoms with Gasteiger partial charge in [-0.3, -0.25) is 0 Å². The molecule has 0 fully saturated rings. The molecule has 3 aromatic carbocycles. The normalized spacial score (nSPS) is 11.1. The maximum Gasteiger partial charge on any atom is 0.116 e. The molecule has 0 heterocycles. The van der Waals surface area contributed by atoms with Crippen LogP contribution in [0.3, 0.4) is 0 Å². The Kier molecular flexibility index (Phi) is 2.23. The molecule has 17 heavy (non-hydrogen) atoms. The molecule has 0 aliphatic heterocycles. The smallest absolute Gasteiger partial charge is 0.116 e. The van der Waals surface area contributed by atoms with Crippen LogP contribution in [0, 0.1) is 0 Å². The summed E-state index contributed by atoms with van der Waals surface area (Å²) in [5, 5.41) is 23.2. The Balaban J connectivity index is 2.54. The van der Waals surface area contributed by atoms with Crippen molar-refractivity contribution in [1.82, 2.24) is 0 Å². The molecule has 0 spiro atoms. The average Bonchev–Trinajstić information content (AvgIpc) is 2.36. The van der Waals surface area contributed by atoms with Crippen LogP contribution in [-0.2, 0) is 6.61 Å². The lowest BCUT2D eigenvalue weighted by molar-refractivity contribution is 0.285. The molecule has 0 radical (unpaired) electrons. The van der Waals surface area contributed by atoms with Gasteiger partial charge in [0.1, 0.15) is 5.75 Å². The highest BCUT2D eigenvalue weighted by molar-refractivity contribution is 6.02. The zero-order chi connectivity index (χ0) is 11.8. The molecule has 0 aliphatic rings. The minimum Gasteiger partial charge on any atom is -0.508 e. The van der Waals surface area contributed by atoms with Gasteiger partial charge < -0.3 is 10.2 Å². The van der Waals surface area contributed by atoms with E-state index in [1.165, 1.54) is 0 Å². The fourth-order valence-electron chi connectivity index (χ4n) is 2.31. The van der Waals surface area contributed by atoms with Gasteiger partial charge in [-0.15, -0.1) is 0 Å². The van der Waals surface area contributed by atoms with Crippen molar-refractivity contribution < 1.29 is 10.2 Å². The molecule has 0 aliphatic carbocycles. The Morgan fingerprint density at radius 3 is 2.41 bits per heavy atom. The van der Waals surface area contributed by atoms with Crippen molar-refractivity contribution in [2.75, 3.05) is 0 Å². The summed E-state index contributed by atoms with van der Waals surface area (Å²) in [6, 6.07) is 15.3. The highest BCUT2D eigenvalue weighted by atomic mass is 16.3. The molecular formula is C15H12O2. The van der Waals surface area contributed by atoms with Gasteiger partial charge in [-0.25, -0.2) is 0 Å². The molecule has 3 aromatic rings. The maximum atomic E-state index is 9.54. The Morgan fingerprint density at radius 2 is 1.59 bits per heavy atom. The second kappa shape index (κ2) is 3.75. The predicted molar refractivity (Wildman–Crippen MR) is 69.0 cm³/mol. The number of phenolic OH excluding ortho intramolecular Hbond substituents is 1. The number of benzene rings is 3.